The predicted molar refractivity (Wildman–Crippen MR) is 144 cm³/mol. The number of halogens is 1. The maximum atomic E-state index is 15.9. The summed E-state index contributed by atoms with van der Waals surface area (Å²) in [5.74, 6) is 0.596. The molecule has 4 aliphatic rings. The van der Waals surface area contributed by atoms with Crippen molar-refractivity contribution in [3.05, 3.63) is 39.4 Å². The van der Waals surface area contributed by atoms with E-state index in [-0.39, 0.29) is 23.8 Å². The molecule has 0 bridgehead atoms. The lowest BCUT2D eigenvalue weighted by Gasteiger charge is -2.39. The van der Waals surface area contributed by atoms with Gasteiger partial charge in [0, 0.05) is 64.1 Å². The van der Waals surface area contributed by atoms with Crippen LogP contribution in [0.1, 0.15) is 30.4 Å². The van der Waals surface area contributed by atoms with Crippen LogP contribution in [-0.2, 0) is 16.6 Å². The summed E-state index contributed by atoms with van der Waals surface area (Å²) in [6.07, 6.45) is 2.38. The van der Waals surface area contributed by atoms with Crippen molar-refractivity contribution < 1.29 is 9.18 Å². The molecule has 0 atom stereocenters. The minimum absolute atomic E-state index is 0.116. The van der Waals surface area contributed by atoms with Crippen LogP contribution in [-0.4, -0.2) is 87.2 Å². The molecule has 1 aromatic carbocycles. The number of likely N-dealkylation sites (N-methyl/N-ethyl adjacent to an activating group) is 1. The van der Waals surface area contributed by atoms with E-state index in [9.17, 15) is 14.9 Å². The molecule has 2 saturated heterocycles. The summed E-state index contributed by atoms with van der Waals surface area (Å²) in [6, 6.07) is 5.54. The maximum Gasteiger partial charge on any atom is 0.257 e. The van der Waals surface area contributed by atoms with Gasteiger partial charge in [0.1, 0.15) is 18.2 Å². The number of nitrogens with zero attached hydrogens (tertiary/aromatic N) is 7. The third kappa shape index (κ3) is 3.81. The fourth-order valence-corrected chi connectivity index (χ4v) is 6.54. The standard InChI is InChI=1S/C27H33FN8O2/c1-32-12-14-34(15-13-32)18-16-20(28)22-21(17-18)36(11-7-29)25(38)27(22)5-9-35(10-6-27)26-30-23-19(24(37)31-26)4-3-8-33(23)2/h16-17H,3-6,8-15H2,1-2H3,(H,30,31,37). The maximum absolute atomic E-state index is 15.9. The molecule has 0 radical (unpaired) electrons. The molecule has 4 aliphatic heterocycles. The number of anilines is 4. The molecular weight excluding hydrogens is 487 g/mol. The zero-order valence-corrected chi connectivity index (χ0v) is 22.0. The Balaban J connectivity index is 1.31. The quantitative estimate of drug-likeness (QED) is 0.607. The first kappa shape index (κ1) is 24.7. The summed E-state index contributed by atoms with van der Waals surface area (Å²) in [7, 11) is 4.01. The molecule has 0 unspecified atom stereocenters. The monoisotopic (exact) mass is 520 g/mol. The lowest BCUT2D eigenvalue weighted by molar-refractivity contribution is -0.123. The molecule has 0 aliphatic carbocycles. The van der Waals surface area contributed by atoms with Crippen molar-refractivity contribution in [2.75, 3.05) is 86.1 Å². The number of H-pyrrole nitrogens is 1. The van der Waals surface area contributed by atoms with Gasteiger partial charge in [-0.15, -0.1) is 0 Å². The minimum Gasteiger partial charge on any atom is -0.369 e. The van der Waals surface area contributed by atoms with E-state index in [1.54, 1.807) is 6.07 Å². The molecule has 2 fully saturated rings. The number of piperidine rings is 1. The average Bonchev–Trinajstić information content (AvgIpc) is 3.13. The molecule has 0 saturated carbocycles. The Kier molecular flexibility index (Phi) is 6.02. The van der Waals surface area contributed by atoms with E-state index in [2.05, 4.69) is 27.9 Å². The van der Waals surface area contributed by atoms with E-state index in [1.807, 2.05) is 22.9 Å². The van der Waals surface area contributed by atoms with Crippen molar-refractivity contribution in [3.8, 4) is 6.07 Å². The van der Waals surface area contributed by atoms with E-state index < -0.39 is 5.41 Å². The van der Waals surface area contributed by atoms with Crippen LogP contribution in [0.2, 0.25) is 0 Å². The van der Waals surface area contributed by atoms with Crippen molar-refractivity contribution >= 4 is 29.0 Å². The summed E-state index contributed by atoms with van der Waals surface area (Å²) in [5, 5.41) is 9.50. The molecule has 11 heteroatoms. The summed E-state index contributed by atoms with van der Waals surface area (Å²) >= 11 is 0. The zero-order chi connectivity index (χ0) is 26.6. The Bertz CT molecular complexity index is 1370. The number of aromatic nitrogens is 2. The lowest BCUT2D eigenvalue weighted by atomic mass is 9.73. The van der Waals surface area contributed by atoms with E-state index in [1.165, 1.54) is 4.90 Å². The van der Waals surface area contributed by atoms with Crippen LogP contribution in [0.4, 0.5) is 27.5 Å². The molecule has 1 spiro atoms. The number of nitriles is 1. The van der Waals surface area contributed by atoms with Gasteiger partial charge in [0.05, 0.1) is 22.7 Å². The van der Waals surface area contributed by atoms with Gasteiger partial charge in [0.2, 0.25) is 11.9 Å². The minimum atomic E-state index is -1.03. The fraction of sp³-hybridized carbons (Fsp3) is 0.556. The number of fused-ring (bicyclic) bond motifs is 3. The van der Waals surface area contributed by atoms with Gasteiger partial charge in [-0.25, -0.2) is 4.39 Å². The number of hydrogen-bond acceptors (Lipinski definition) is 8. The Labute approximate surface area is 221 Å². The van der Waals surface area contributed by atoms with Crippen molar-refractivity contribution in [2.45, 2.75) is 31.1 Å². The summed E-state index contributed by atoms with van der Waals surface area (Å²) < 4.78 is 15.9. The van der Waals surface area contributed by atoms with Crippen LogP contribution >= 0.6 is 0 Å². The Morgan fingerprint density at radius 3 is 2.50 bits per heavy atom. The van der Waals surface area contributed by atoms with Gasteiger partial charge in [0.15, 0.2) is 0 Å². The summed E-state index contributed by atoms with van der Waals surface area (Å²) in [6.45, 7) is 4.94. The Hall–Kier alpha value is -3.65. The molecule has 10 nitrogen and oxygen atoms in total. The van der Waals surface area contributed by atoms with Crippen molar-refractivity contribution in [3.63, 3.8) is 0 Å². The van der Waals surface area contributed by atoms with E-state index in [4.69, 9.17) is 4.98 Å². The first-order chi connectivity index (χ1) is 18.3. The molecule has 5 heterocycles. The highest BCUT2D eigenvalue weighted by Gasteiger charge is 2.54. The normalized spacial score (nSPS) is 21.1. The smallest absolute Gasteiger partial charge is 0.257 e. The van der Waals surface area contributed by atoms with Crippen LogP contribution < -0.4 is 25.2 Å². The van der Waals surface area contributed by atoms with Crippen LogP contribution in [0.5, 0.6) is 0 Å². The number of piperazine rings is 1. The van der Waals surface area contributed by atoms with Gasteiger partial charge in [-0.3, -0.25) is 19.5 Å². The number of aromatic amines is 1. The van der Waals surface area contributed by atoms with Crippen LogP contribution in [0.15, 0.2) is 16.9 Å². The largest absolute Gasteiger partial charge is 0.369 e. The van der Waals surface area contributed by atoms with Gasteiger partial charge in [-0.1, -0.05) is 0 Å². The van der Waals surface area contributed by atoms with Gasteiger partial charge in [0.25, 0.3) is 5.56 Å². The molecule has 2 aromatic rings. The number of carbonyl (C=O) groups excluding carboxylic acids is 1. The van der Waals surface area contributed by atoms with Crippen LogP contribution in [0.3, 0.4) is 0 Å². The SMILES string of the molecule is CN1CCN(c2cc(F)c3c(c2)N(CC#N)C(=O)C32CCN(c3nc4c(c(=O)[nH]3)CCCN4C)CC2)CC1. The van der Waals surface area contributed by atoms with Crippen molar-refractivity contribution in [1.82, 2.24) is 14.9 Å². The first-order valence-electron chi connectivity index (χ1n) is 13.4. The van der Waals surface area contributed by atoms with Crippen LogP contribution in [0, 0.1) is 17.1 Å². The molecule has 1 aromatic heterocycles. The third-order valence-electron chi connectivity index (χ3n) is 8.75. The molecule has 38 heavy (non-hydrogen) atoms. The number of amides is 1. The Morgan fingerprint density at radius 1 is 1.05 bits per heavy atom. The van der Waals surface area contributed by atoms with E-state index >= 15 is 4.39 Å². The van der Waals surface area contributed by atoms with Crippen molar-refractivity contribution in [1.29, 1.82) is 5.26 Å². The fourth-order valence-electron chi connectivity index (χ4n) is 6.54. The molecule has 1 N–H and O–H groups in total. The molecule has 6 rings (SSSR count). The molecular formula is C27H33FN8O2. The van der Waals surface area contributed by atoms with E-state index in [0.717, 1.165) is 44.8 Å². The predicted octanol–water partition coefficient (Wildman–Crippen LogP) is 1.45. The van der Waals surface area contributed by atoms with Crippen LogP contribution in [0.25, 0.3) is 0 Å². The lowest BCUT2D eigenvalue weighted by Crippen LogP contribution is -2.50. The average molecular weight is 521 g/mol. The molecule has 1 amide bonds. The summed E-state index contributed by atoms with van der Waals surface area (Å²) in [5.41, 5.74) is 1.23. The van der Waals surface area contributed by atoms with Crippen molar-refractivity contribution in [2.24, 2.45) is 0 Å². The number of rotatable bonds is 3. The molecule has 200 valence electrons. The Morgan fingerprint density at radius 2 is 1.79 bits per heavy atom. The highest BCUT2D eigenvalue weighted by molar-refractivity contribution is 6.09. The number of carbonyl (C=O) groups is 1. The number of benzene rings is 1. The van der Waals surface area contributed by atoms with Gasteiger partial charge < -0.3 is 19.6 Å². The first-order valence-corrected chi connectivity index (χ1v) is 13.4. The zero-order valence-electron chi connectivity index (χ0n) is 22.0. The van der Waals surface area contributed by atoms with Gasteiger partial charge in [-0.05, 0) is 44.9 Å². The highest BCUT2D eigenvalue weighted by atomic mass is 19.1. The second-order valence-corrected chi connectivity index (χ2v) is 10.9. The number of nitrogens with one attached hydrogen (secondary N) is 1. The van der Waals surface area contributed by atoms with E-state index in [0.29, 0.717) is 60.9 Å². The van der Waals surface area contributed by atoms with Gasteiger partial charge in [-0.2, -0.15) is 10.2 Å². The second kappa shape index (κ2) is 9.27. The topological polar surface area (TPSA) is 103 Å². The second-order valence-electron chi connectivity index (χ2n) is 10.9. The third-order valence-corrected chi connectivity index (χ3v) is 8.75. The van der Waals surface area contributed by atoms with Gasteiger partial charge >= 0.3 is 0 Å². The highest BCUT2D eigenvalue weighted by Crippen LogP contribution is 2.50. The summed E-state index contributed by atoms with van der Waals surface area (Å²) in [4.78, 5) is 44.1. The number of hydrogen-bond donors (Lipinski definition) is 1.